The highest BCUT2D eigenvalue weighted by atomic mass is 79.9. The zero-order valence-corrected chi connectivity index (χ0v) is 18.4. The maximum Gasteiger partial charge on any atom is 0.169 e. The van der Waals surface area contributed by atoms with E-state index in [-0.39, 0.29) is 23.6 Å². The van der Waals surface area contributed by atoms with Gasteiger partial charge in [0, 0.05) is 39.7 Å². The van der Waals surface area contributed by atoms with Gasteiger partial charge in [0.2, 0.25) is 0 Å². The Kier molecular flexibility index (Phi) is 9.48. The van der Waals surface area contributed by atoms with Crippen LogP contribution in [0.3, 0.4) is 0 Å². The van der Waals surface area contributed by atoms with Crippen LogP contribution in [0.5, 0.6) is 0 Å². The quantitative estimate of drug-likeness (QED) is 0.277. The molecule has 0 saturated heterocycles. The van der Waals surface area contributed by atoms with Gasteiger partial charge in [-0.1, -0.05) is 64.8 Å². The third-order valence-corrected chi connectivity index (χ3v) is 4.90. The van der Waals surface area contributed by atoms with Crippen LogP contribution >= 0.6 is 23.2 Å². The summed E-state index contributed by atoms with van der Waals surface area (Å²) < 4.78 is 2.17. The number of hydrogen-bond donors (Lipinski definition) is 0. The molecule has 0 aliphatic rings. The molecule has 3 aromatic rings. The van der Waals surface area contributed by atoms with E-state index in [1.54, 1.807) is 24.4 Å². The molecule has 3 rings (SSSR count). The van der Waals surface area contributed by atoms with Gasteiger partial charge in [-0.3, -0.25) is 0 Å². The third-order valence-electron chi connectivity index (χ3n) is 4.19. The van der Waals surface area contributed by atoms with Crippen molar-refractivity contribution in [3.05, 3.63) is 99.8 Å². The molecule has 0 fully saturated rings. The molecule has 6 heteroatoms. The predicted octanol–water partition coefficient (Wildman–Crippen LogP) is 2.47. The Hall–Kier alpha value is -1.88. The Morgan fingerprint density at radius 3 is 2.25 bits per heavy atom. The summed E-state index contributed by atoms with van der Waals surface area (Å²) in [5.41, 5.74) is 3.08. The van der Waals surface area contributed by atoms with E-state index in [1.807, 2.05) is 18.2 Å². The second-order valence-electron chi connectivity index (χ2n) is 6.17. The number of benzene rings is 2. The Bertz CT molecular complexity index is 867. The Balaban J connectivity index is 0.00000280. The fourth-order valence-corrected chi connectivity index (χ4v) is 3.19. The smallest absolute Gasteiger partial charge is 0.169 e. The molecule has 0 amide bonds. The number of hydrogen-bond acceptors (Lipinski definition) is 2. The lowest BCUT2D eigenvalue weighted by atomic mass is 10.1. The van der Waals surface area contributed by atoms with Gasteiger partial charge in [-0.05, 0) is 24.1 Å². The molecular weight excluding hydrogens is 459 g/mol. The molecule has 0 N–H and O–H groups in total. The molecule has 0 bridgehead atoms. The highest BCUT2D eigenvalue weighted by Crippen LogP contribution is 2.24. The maximum atomic E-state index is 6.10. The summed E-state index contributed by atoms with van der Waals surface area (Å²) in [6.45, 7) is 1.22. The van der Waals surface area contributed by atoms with Crippen molar-refractivity contribution in [2.75, 3.05) is 0 Å². The van der Waals surface area contributed by atoms with Crippen LogP contribution in [0, 0.1) is 0 Å². The summed E-state index contributed by atoms with van der Waals surface area (Å²) in [7, 11) is 0. The van der Waals surface area contributed by atoms with E-state index >= 15 is 0 Å². The van der Waals surface area contributed by atoms with E-state index < -0.39 is 0 Å². The number of aryl methyl sites for hydroxylation is 2. The largest absolute Gasteiger partial charge is 1.00 e. The summed E-state index contributed by atoms with van der Waals surface area (Å²) >= 11 is 12.2. The van der Waals surface area contributed by atoms with E-state index in [2.05, 4.69) is 46.4 Å². The number of aromatic nitrogens is 1. The van der Waals surface area contributed by atoms with Crippen molar-refractivity contribution in [3.63, 3.8) is 0 Å². The molecule has 146 valence electrons. The van der Waals surface area contributed by atoms with Gasteiger partial charge in [-0.25, -0.2) is 4.57 Å². The second kappa shape index (κ2) is 11.8. The lowest BCUT2D eigenvalue weighted by Crippen LogP contribution is -3.00. The van der Waals surface area contributed by atoms with Gasteiger partial charge in [-0.15, -0.1) is 0 Å². The molecule has 0 spiro atoms. The minimum atomic E-state index is 0. The standard InChI is InChI=1S/C22H21Cl2N2O.BrH/c23-21-9-4-10-22(24)20(21)17-27-25-16-19-11-14-26(15-12-19)13-5-8-18-6-2-1-3-7-18;/h1-4,6-7,9-12,14-16H,5,8,13,17H2;1H/q+1;/p-1/b25-16+;. The first-order valence-corrected chi connectivity index (χ1v) is 9.59. The molecule has 0 aliphatic carbocycles. The van der Waals surface area contributed by atoms with Crippen LogP contribution < -0.4 is 21.5 Å². The monoisotopic (exact) mass is 478 g/mol. The van der Waals surface area contributed by atoms with E-state index in [0.29, 0.717) is 10.0 Å². The van der Waals surface area contributed by atoms with Crippen molar-refractivity contribution >= 4 is 29.4 Å². The average Bonchev–Trinajstić information content (AvgIpc) is 2.69. The topological polar surface area (TPSA) is 25.5 Å². The molecule has 0 radical (unpaired) electrons. The molecule has 2 aromatic carbocycles. The van der Waals surface area contributed by atoms with Crippen molar-refractivity contribution in [1.29, 1.82) is 0 Å². The Morgan fingerprint density at radius 2 is 1.57 bits per heavy atom. The molecule has 0 aliphatic heterocycles. The van der Waals surface area contributed by atoms with Crippen molar-refractivity contribution in [1.82, 2.24) is 0 Å². The molecule has 1 aromatic heterocycles. The fraction of sp³-hybridized carbons (Fsp3) is 0.182. The minimum Gasteiger partial charge on any atom is -1.00 e. The zero-order chi connectivity index (χ0) is 18.9. The molecule has 3 nitrogen and oxygen atoms in total. The van der Waals surface area contributed by atoms with Crippen molar-refractivity contribution < 1.29 is 26.4 Å². The first-order valence-electron chi connectivity index (χ1n) is 8.83. The minimum absolute atomic E-state index is 0. The summed E-state index contributed by atoms with van der Waals surface area (Å²) in [6, 6.07) is 19.9. The van der Waals surface area contributed by atoms with Crippen LogP contribution in [-0.2, 0) is 24.4 Å². The number of oxime groups is 1. The Labute approximate surface area is 186 Å². The van der Waals surface area contributed by atoms with Gasteiger partial charge in [0.15, 0.2) is 12.4 Å². The van der Waals surface area contributed by atoms with Crippen LogP contribution in [0.15, 0.2) is 78.2 Å². The maximum absolute atomic E-state index is 6.10. The van der Waals surface area contributed by atoms with Gasteiger partial charge >= 0.3 is 0 Å². The fourth-order valence-electron chi connectivity index (χ4n) is 2.68. The van der Waals surface area contributed by atoms with Gasteiger partial charge in [0.25, 0.3) is 0 Å². The van der Waals surface area contributed by atoms with E-state index in [0.717, 1.165) is 30.5 Å². The number of pyridine rings is 1. The van der Waals surface area contributed by atoms with Crippen LogP contribution in [0.2, 0.25) is 10.0 Å². The summed E-state index contributed by atoms with van der Waals surface area (Å²) in [6.07, 6.45) is 7.97. The average molecular weight is 480 g/mol. The zero-order valence-electron chi connectivity index (χ0n) is 15.3. The summed E-state index contributed by atoms with van der Waals surface area (Å²) in [4.78, 5) is 5.32. The molecule has 28 heavy (non-hydrogen) atoms. The lowest BCUT2D eigenvalue weighted by molar-refractivity contribution is -0.697. The normalized spacial score (nSPS) is 10.6. The molecule has 0 saturated carbocycles. The van der Waals surface area contributed by atoms with Gasteiger partial charge in [0.05, 0.1) is 6.21 Å². The highest BCUT2D eigenvalue weighted by Gasteiger charge is 2.05. The van der Waals surface area contributed by atoms with Crippen LogP contribution in [0.1, 0.15) is 23.1 Å². The lowest BCUT2D eigenvalue weighted by Gasteiger charge is -2.04. The van der Waals surface area contributed by atoms with Gasteiger partial charge < -0.3 is 21.8 Å². The summed E-state index contributed by atoms with van der Waals surface area (Å²) in [5, 5.41) is 5.15. The number of nitrogens with zero attached hydrogens (tertiary/aromatic N) is 2. The number of halogens is 3. The first-order chi connectivity index (χ1) is 13.2. The predicted molar refractivity (Wildman–Crippen MR) is 110 cm³/mol. The van der Waals surface area contributed by atoms with Gasteiger partial charge in [-0.2, -0.15) is 0 Å². The number of rotatable bonds is 8. The third kappa shape index (κ3) is 6.93. The summed E-state index contributed by atoms with van der Waals surface area (Å²) in [5.74, 6) is 0. The van der Waals surface area contributed by atoms with E-state index in [4.69, 9.17) is 28.0 Å². The van der Waals surface area contributed by atoms with Crippen LogP contribution in [0.4, 0.5) is 0 Å². The molecule has 1 heterocycles. The highest BCUT2D eigenvalue weighted by molar-refractivity contribution is 6.35. The van der Waals surface area contributed by atoms with Crippen LogP contribution in [0.25, 0.3) is 0 Å². The van der Waals surface area contributed by atoms with Crippen molar-refractivity contribution in [2.24, 2.45) is 5.16 Å². The van der Waals surface area contributed by atoms with E-state index in [9.17, 15) is 0 Å². The van der Waals surface area contributed by atoms with Crippen molar-refractivity contribution in [3.8, 4) is 0 Å². The SMILES string of the molecule is Clc1cccc(Cl)c1CO/N=C/c1cc[n+](CCCc2ccccc2)cc1.[Br-]. The second-order valence-corrected chi connectivity index (χ2v) is 6.98. The molecular formula is C22H21BrCl2N2O. The van der Waals surface area contributed by atoms with Gasteiger partial charge in [0.1, 0.15) is 13.2 Å². The van der Waals surface area contributed by atoms with E-state index in [1.165, 1.54) is 5.56 Å². The van der Waals surface area contributed by atoms with Crippen molar-refractivity contribution in [2.45, 2.75) is 26.0 Å². The molecule has 0 atom stereocenters. The molecule has 0 unspecified atom stereocenters. The Morgan fingerprint density at radius 1 is 0.893 bits per heavy atom. The first kappa shape index (κ1) is 22.4. The van der Waals surface area contributed by atoms with Crippen LogP contribution in [-0.4, -0.2) is 6.21 Å².